The van der Waals surface area contributed by atoms with E-state index in [1.54, 1.807) is 24.3 Å². The second-order valence-corrected chi connectivity index (χ2v) is 4.79. The lowest BCUT2D eigenvalue weighted by molar-refractivity contribution is -0.123. The monoisotopic (exact) mass is 266 g/mol. The van der Waals surface area contributed by atoms with Gasteiger partial charge in [-0.1, -0.05) is 13.0 Å². The van der Waals surface area contributed by atoms with Gasteiger partial charge in [0.05, 0.1) is 25.2 Å². The zero-order chi connectivity index (χ0) is 14.3. The van der Waals surface area contributed by atoms with Crippen molar-refractivity contribution >= 4 is 11.6 Å². The summed E-state index contributed by atoms with van der Waals surface area (Å²) in [7, 11) is 0. The molecule has 4 N–H and O–H groups in total. The average molecular weight is 266 g/mol. The number of hydrogen-bond donors (Lipinski definition) is 3. The molecule has 1 amide bonds. The molecule has 0 saturated carbocycles. The molecule has 0 bridgehead atoms. The predicted molar refractivity (Wildman–Crippen MR) is 74.9 cm³/mol. The molecule has 0 saturated heterocycles. The first-order valence-corrected chi connectivity index (χ1v) is 6.39. The Labute approximate surface area is 113 Å². The van der Waals surface area contributed by atoms with Crippen LogP contribution < -0.4 is 15.8 Å². The van der Waals surface area contributed by atoms with Crippen LogP contribution in [0.2, 0.25) is 0 Å². The van der Waals surface area contributed by atoms with Crippen LogP contribution in [0.25, 0.3) is 0 Å². The van der Waals surface area contributed by atoms with Gasteiger partial charge in [0.2, 0.25) is 5.91 Å². The van der Waals surface area contributed by atoms with Crippen molar-refractivity contribution in [1.82, 2.24) is 5.32 Å². The predicted octanol–water partition coefficient (Wildman–Crippen LogP) is 1.31. The zero-order valence-corrected chi connectivity index (χ0v) is 11.5. The number of aliphatic hydroxyl groups excluding tert-OH is 1. The van der Waals surface area contributed by atoms with Crippen molar-refractivity contribution in [2.24, 2.45) is 0 Å². The SMILES string of the molecule is CCC(C)(CO)NC(=O)CCOc1cccc(N)c1. The van der Waals surface area contributed by atoms with E-state index < -0.39 is 5.54 Å². The third-order valence-electron chi connectivity index (χ3n) is 3.03. The summed E-state index contributed by atoms with van der Waals surface area (Å²) in [6, 6.07) is 7.07. The molecule has 1 atom stereocenters. The number of nitrogen functional groups attached to an aromatic ring is 1. The van der Waals surface area contributed by atoms with Crippen molar-refractivity contribution in [1.29, 1.82) is 0 Å². The van der Waals surface area contributed by atoms with Gasteiger partial charge in [0.15, 0.2) is 0 Å². The Balaban J connectivity index is 2.35. The number of carbonyl (C=O) groups is 1. The Morgan fingerprint density at radius 1 is 1.53 bits per heavy atom. The van der Waals surface area contributed by atoms with E-state index in [1.807, 2.05) is 13.8 Å². The molecule has 5 heteroatoms. The lowest BCUT2D eigenvalue weighted by Gasteiger charge is -2.27. The minimum absolute atomic E-state index is 0.0781. The van der Waals surface area contributed by atoms with Crippen LogP contribution in [-0.4, -0.2) is 29.8 Å². The van der Waals surface area contributed by atoms with Crippen molar-refractivity contribution in [3.8, 4) is 5.75 Å². The van der Waals surface area contributed by atoms with Crippen molar-refractivity contribution in [3.05, 3.63) is 24.3 Å². The minimum atomic E-state index is -0.561. The lowest BCUT2D eigenvalue weighted by Crippen LogP contribution is -2.48. The summed E-state index contributed by atoms with van der Waals surface area (Å²) in [6.07, 6.45) is 0.912. The number of hydrogen-bond acceptors (Lipinski definition) is 4. The first kappa shape index (κ1) is 15.3. The molecule has 0 aliphatic heterocycles. The average Bonchev–Trinajstić information content (AvgIpc) is 2.38. The number of anilines is 1. The van der Waals surface area contributed by atoms with Gasteiger partial charge in [0.1, 0.15) is 5.75 Å². The molecule has 0 heterocycles. The maximum atomic E-state index is 11.7. The third-order valence-corrected chi connectivity index (χ3v) is 3.03. The third kappa shape index (κ3) is 5.18. The van der Waals surface area contributed by atoms with Crippen LogP contribution in [0.1, 0.15) is 26.7 Å². The van der Waals surface area contributed by atoms with Crippen LogP contribution in [0.5, 0.6) is 5.75 Å². The number of nitrogens with one attached hydrogen (secondary N) is 1. The van der Waals surface area contributed by atoms with Crippen molar-refractivity contribution in [2.45, 2.75) is 32.2 Å². The Kier molecular flexibility index (Phi) is 5.63. The molecule has 0 aliphatic carbocycles. The zero-order valence-electron chi connectivity index (χ0n) is 11.5. The molecule has 1 aromatic carbocycles. The van der Waals surface area contributed by atoms with Gasteiger partial charge in [0.25, 0.3) is 0 Å². The molecule has 0 aliphatic rings. The first-order chi connectivity index (χ1) is 8.99. The fraction of sp³-hybridized carbons (Fsp3) is 0.500. The van der Waals surface area contributed by atoms with E-state index in [1.165, 1.54) is 0 Å². The normalized spacial score (nSPS) is 13.6. The van der Waals surface area contributed by atoms with Crippen molar-refractivity contribution < 1.29 is 14.6 Å². The molecule has 0 spiro atoms. The van der Waals surface area contributed by atoms with E-state index in [-0.39, 0.29) is 25.5 Å². The second-order valence-electron chi connectivity index (χ2n) is 4.79. The molecule has 0 aromatic heterocycles. The molecule has 1 unspecified atom stereocenters. The van der Waals surface area contributed by atoms with Gasteiger partial charge in [-0.15, -0.1) is 0 Å². The summed E-state index contributed by atoms with van der Waals surface area (Å²) in [4.78, 5) is 11.7. The van der Waals surface area contributed by atoms with Crippen molar-refractivity contribution in [3.63, 3.8) is 0 Å². The van der Waals surface area contributed by atoms with Gasteiger partial charge in [0, 0.05) is 11.8 Å². The molecule has 0 radical (unpaired) electrons. The van der Waals surface area contributed by atoms with Crippen LogP contribution in [-0.2, 0) is 4.79 Å². The van der Waals surface area contributed by atoms with Crippen LogP contribution in [0.15, 0.2) is 24.3 Å². The number of aliphatic hydroxyl groups is 1. The largest absolute Gasteiger partial charge is 0.493 e. The van der Waals surface area contributed by atoms with Crippen LogP contribution in [0, 0.1) is 0 Å². The molecule has 19 heavy (non-hydrogen) atoms. The minimum Gasteiger partial charge on any atom is -0.493 e. The van der Waals surface area contributed by atoms with Gasteiger partial charge in [-0.2, -0.15) is 0 Å². The summed E-state index contributed by atoms with van der Waals surface area (Å²) >= 11 is 0. The molecule has 0 fully saturated rings. The highest BCUT2D eigenvalue weighted by molar-refractivity contribution is 5.76. The number of ether oxygens (including phenoxy) is 1. The number of nitrogens with two attached hydrogens (primary N) is 1. The number of rotatable bonds is 7. The van der Waals surface area contributed by atoms with Gasteiger partial charge < -0.3 is 20.9 Å². The topological polar surface area (TPSA) is 84.6 Å². The number of benzene rings is 1. The molecule has 1 rings (SSSR count). The number of carbonyl (C=O) groups excluding carboxylic acids is 1. The van der Waals surface area contributed by atoms with Crippen LogP contribution in [0.4, 0.5) is 5.69 Å². The van der Waals surface area contributed by atoms with E-state index in [9.17, 15) is 9.90 Å². The van der Waals surface area contributed by atoms with E-state index in [2.05, 4.69) is 5.32 Å². The highest BCUT2D eigenvalue weighted by atomic mass is 16.5. The summed E-state index contributed by atoms with van der Waals surface area (Å²) in [5, 5.41) is 12.0. The quantitative estimate of drug-likeness (QED) is 0.650. The van der Waals surface area contributed by atoms with E-state index in [4.69, 9.17) is 10.5 Å². The summed E-state index contributed by atoms with van der Waals surface area (Å²) < 4.78 is 5.44. The van der Waals surface area contributed by atoms with E-state index >= 15 is 0 Å². The molecular formula is C14H22N2O3. The van der Waals surface area contributed by atoms with Crippen LogP contribution >= 0.6 is 0 Å². The van der Waals surface area contributed by atoms with Gasteiger partial charge >= 0.3 is 0 Å². The fourth-order valence-corrected chi connectivity index (χ4v) is 1.50. The van der Waals surface area contributed by atoms with Crippen molar-refractivity contribution in [2.75, 3.05) is 18.9 Å². The van der Waals surface area contributed by atoms with Gasteiger partial charge in [-0.3, -0.25) is 4.79 Å². The van der Waals surface area contributed by atoms with Crippen LogP contribution in [0.3, 0.4) is 0 Å². The molecule has 5 nitrogen and oxygen atoms in total. The Bertz CT molecular complexity index is 417. The summed E-state index contributed by atoms with van der Waals surface area (Å²) in [5.74, 6) is 0.510. The molecule has 1 aromatic rings. The fourth-order valence-electron chi connectivity index (χ4n) is 1.50. The van der Waals surface area contributed by atoms with Gasteiger partial charge in [-0.25, -0.2) is 0 Å². The lowest BCUT2D eigenvalue weighted by atomic mass is 10.0. The highest BCUT2D eigenvalue weighted by Gasteiger charge is 2.22. The van der Waals surface area contributed by atoms with E-state index in [0.717, 1.165) is 0 Å². The van der Waals surface area contributed by atoms with E-state index in [0.29, 0.717) is 17.9 Å². The summed E-state index contributed by atoms with van der Waals surface area (Å²) in [5.41, 5.74) is 5.69. The van der Waals surface area contributed by atoms with Gasteiger partial charge in [-0.05, 0) is 25.5 Å². The highest BCUT2D eigenvalue weighted by Crippen LogP contribution is 2.14. The summed E-state index contributed by atoms with van der Waals surface area (Å²) in [6.45, 7) is 3.93. The molecule has 106 valence electrons. The second kappa shape index (κ2) is 6.99. The maximum absolute atomic E-state index is 11.7. The maximum Gasteiger partial charge on any atom is 0.223 e. The smallest absolute Gasteiger partial charge is 0.223 e. The number of amides is 1. The Hall–Kier alpha value is -1.75. The Morgan fingerprint density at radius 3 is 2.84 bits per heavy atom. The standard InChI is InChI=1S/C14H22N2O3/c1-3-14(2,10-17)16-13(18)7-8-19-12-6-4-5-11(15)9-12/h4-6,9,17H,3,7-8,10,15H2,1-2H3,(H,16,18). The Morgan fingerprint density at radius 2 is 2.26 bits per heavy atom. The molecular weight excluding hydrogens is 244 g/mol. The first-order valence-electron chi connectivity index (χ1n) is 6.39.